The van der Waals surface area contributed by atoms with Crippen LogP contribution in [0.3, 0.4) is 0 Å². The fraction of sp³-hybridized carbons (Fsp3) is 0.409. The predicted octanol–water partition coefficient (Wildman–Crippen LogP) is 1.67. The Morgan fingerprint density at radius 2 is 1.90 bits per heavy atom. The van der Waals surface area contributed by atoms with Crippen LogP contribution in [0.4, 0.5) is 10.2 Å². The van der Waals surface area contributed by atoms with Crippen LogP contribution in [-0.4, -0.2) is 68.1 Å². The van der Waals surface area contributed by atoms with Crippen molar-refractivity contribution in [1.29, 1.82) is 0 Å². The first kappa shape index (κ1) is 21.5. The summed E-state index contributed by atoms with van der Waals surface area (Å²) in [6, 6.07) is 12.4. The van der Waals surface area contributed by atoms with Crippen molar-refractivity contribution < 1.29 is 9.18 Å². The Kier molecular flexibility index (Phi) is 8.00. The molecule has 1 amide bonds. The molecule has 2 heterocycles. The largest absolute Gasteiger partial charge is 0.356 e. The molecular formula is C22H29FN6O. The first-order valence-electron chi connectivity index (χ1n) is 10.3. The standard InChI is InChI=1S/C22H29FN6O/c1-24-22(26-11-8-18-5-4-6-19(23)17-18)27-12-9-21(30)29-15-13-28(14-16-29)20-7-2-3-10-25-20/h2-7,10,17H,8-9,11-16H2,1H3,(H2,24,26,27). The molecule has 0 spiro atoms. The van der Waals surface area contributed by atoms with Crippen molar-refractivity contribution in [3.63, 3.8) is 0 Å². The number of amides is 1. The lowest BCUT2D eigenvalue weighted by atomic mass is 10.1. The van der Waals surface area contributed by atoms with Gasteiger partial charge < -0.3 is 20.4 Å². The van der Waals surface area contributed by atoms with Gasteiger partial charge in [-0.05, 0) is 36.2 Å². The number of nitrogens with one attached hydrogen (secondary N) is 2. The van der Waals surface area contributed by atoms with Gasteiger partial charge in [0, 0.05) is 58.9 Å². The van der Waals surface area contributed by atoms with E-state index >= 15 is 0 Å². The number of rotatable bonds is 7. The highest BCUT2D eigenvalue weighted by molar-refractivity contribution is 5.81. The maximum Gasteiger partial charge on any atom is 0.224 e. The second-order valence-corrected chi connectivity index (χ2v) is 7.11. The number of benzene rings is 1. The van der Waals surface area contributed by atoms with Crippen LogP contribution in [0.25, 0.3) is 0 Å². The second kappa shape index (κ2) is 11.1. The van der Waals surface area contributed by atoms with E-state index in [0.29, 0.717) is 45.0 Å². The van der Waals surface area contributed by atoms with Crippen molar-refractivity contribution in [3.8, 4) is 0 Å². The Labute approximate surface area is 177 Å². The van der Waals surface area contributed by atoms with Gasteiger partial charge in [0.25, 0.3) is 0 Å². The number of hydrogen-bond acceptors (Lipinski definition) is 4. The van der Waals surface area contributed by atoms with Gasteiger partial charge in [0.15, 0.2) is 5.96 Å². The summed E-state index contributed by atoms with van der Waals surface area (Å²) < 4.78 is 13.2. The maximum absolute atomic E-state index is 13.2. The van der Waals surface area contributed by atoms with E-state index in [2.05, 4.69) is 25.5 Å². The van der Waals surface area contributed by atoms with Crippen molar-refractivity contribution in [2.45, 2.75) is 12.8 Å². The molecule has 0 atom stereocenters. The molecule has 7 nitrogen and oxygen atoms in total. The first-order chi connectivity index (χ1) is 14.7. The van der Waals surface area contributed by atoms with Crippen molar-refractivity contribution in [3.05, 3.63) is 60.0 Å². The number of carbonyl (C=O) groups excluding carboxylic acids is 1. The molecule has 0 unspecified atom stereocenters. The third-order valence-electron chi connectivity index (χ3n) is 5.06. The summed E-state index contributed by atoms with van der Waals surface area (Å²) in [6.07, 6.45) is 2.89. The van der Waals surface area contributed by atoms with Crippen molar-refractivity contribution in [2.75, 3.05) is 51.2 Å². The van der Waals surface area contributed by atoms with Gasteiger partial charge in [-0.15, -0.1) is 0 Å². The minimum atomic E-state index is -0.227. The summed E-state index contributed by atoms with van der Waals surface area (Å²) in [6.45, 7) is 4.14. The highest BCUT2D eigenvalue weighted by Gasteiger charge is 2.21. The Bertz CT molecular complexity index is 837. The van der Waals surface area contributed by atoms with Crippen LogP contribution in [0.15, 0.2) is 53.7 Å². The molecule has 1 aliphatic rings. The summed E-state index contributed by atoms with van der Waals surface area (Å²) in [5.41, 5.74) is 0.929. The zero-order valence-corrected chi connectivity index (χ0v) is 17.4. The van der Waals surface area contributed by atoms with Crippen molar-refractivity contribution >= 4 is 17.7 Å². The molecule has 1 saturated heterocycles. The van der Waals surface area contributed by atoms with Gasteiger partial charge in [-0.25, -0.2) is 9.37 Å². The van der Waals surface area contributed by atoms with Gasteiger partial charge in [-0.3, -0.25) is 9.79 Å². The van der Waals surface area contributed by atoms with E-state index in [-0.39, 0.29) is 11.7 Å². The summed E-state index contributed by atoms with van der Waals surface area (Å²) in [5.74, 6) is 1.51. The molecule has 1 aromatic carbocycles. The first-order valence-corrected chi connectivity index (χ1v) is 10.3. The molecule has 1 aromatic heterocycles. The lowest BCUT2D eigenvalue weighted by molar-refractivity contribution is -0.131. The number of halogens is 1. The number of hydrogen-bond donors (Lipinski definition) is 2. The monoisotopic (exact) mass is 412 g/mol. The fourth-order valence-electron chi connectivity index (χ4n) is 3.41. The molecule has 2 aromatic rings. The van der Waals surface area contributed by atoms with E-state index in [9.17, 15) is 9.18 Å². The third-order valence-corrected chi connectivity index (χ3v) is 5.06. The molecule has 1 fully saturated rings. The minimum Gasteiger partial charge on any atom is -0.356 e. The van der Waals surface area contributed by atoms with E-state index in [1.165, 1.54) is 12.1 Å². The zero-order valence-electron chi connectivity index (χ0n) is 17.4. The highest BCUT2D eigenvalue weighted by atomic mass is 19.1. The lowest BCUT2D eigenvalue weighted by Gasteiger charge is -2.35. The fourth-order valence-corrected chi connectivity index (χ4v) is 3.41. The van der Waals surface area contributed by atoms with Gasteiger partial charge in [0.1, 0.15) is 11.6 Å². The van der Waals surface area contributed by atoms with E-state index in [1.54, 1.807) is 19.3 Å². The Balaban J connectivity index is 1.33. The number of anilines is 1. The molecule has 8 heteroatoms. The number of guanidine groups is 1. The van der Waals surface area contributed by atoms with Crippen LogP contribution >= 0.6 is 0 Å². The number of piperazine rings is 1. The quantitative estimate of drug-likeness (QED) is 0.535. The average molecular weight is 413 g/mol. The predicted molar refractivity (Wildman–Crippen MR) is 117 cm³/mol. The van der Waals surface area contributed by atoms with Crippen LogP contribution in [0.1, 0.15) is 12.0 Å². The van der Waals surface area contributed by atoms with E-state index in [4.69, 9.17) is 0 Å². The molecule has 2 N–H and O–H groups in total. The smallest absolute Gasteiger partial charge is 0.224 e. The minimum absolute atomic E-state index is 0.137. The van der Waals surface area contributed by atoms with E-state index < -0.39 is 0 Å². The summed E-state index contributed by atoms with van der Waals surface area (Å²) >= 11 is 0. The third kappa shape index (κ3) is 6.43. The molecule has 0 bridgehead atoms. The Hall–Kier alpha value is -3.16. The molecular weight excluding hydrogens is 383 g/mol. The van der Waals surface area contributed by atoms with Gasteiger partial charge in [-0.1, -0.05) is 18.2 Å². The number of aliphatic imine (C=N–C) groups is 1. The summed E-state index contributed by atoms with van der Waals surface area (Å²) in [4.78, 5) is 25.1. The average Bonchev–Trinajstić information content (AvgIpc) is 2.78. The zero-order chi connectivity index (χ0) is 21.2. The number of nitrogens with zero attached hydrogens (tertiary/aromatic N) is 4. The lowest BCUT2D eigenvalue weighted by Crippen LogP contribution is -2.49. The molecule has 160 valence electrons. The second-order valence-electron chi connectivity index (χ2n) is 7.11. The molecule has 3 rings (SSSR count). The van der Waals surface area contributed by atoms with Crippen LogP contribution in [0, 0.1) is 5.82 Å². The number of aromatic nitrogens is 1. The van der Waals surface area contributed by atoms with Gasteiger partial charge in [-0.2, -0.15) is 0 Å². The summed E-state index contributed by atoms with van der Waals surface area (Å²) in [7, 11) is 1.69. The van der Waals surface area contributed by atoms with E-state index in [0.717, 1.165) is 24.5 Å². The van der Waals surface area contributed by atoms with Crippen LogP contribution in [-0.2, 0) is 11.2 Å². The number of pyridine rings is 1. The van der Waals surface area contributed by atoms with Crippen molar-refractivity contribution in [2.24, 2.45) is 4.99 Å². The molecule has 0 radical (unpaired) electrons. The topological polar surface area (TPSA) is 72.9 Å². The van der Waals surface area contributed by atoms with Crippen LogP contribution in [0.2, 0.25) is 0 Å². The molecule has 0 aliphatic carbocycles. The Morgan fingerprint density at radius 1 is 1.10 bits per heavy atom. The maximum atomic E-state index is 13.2. The van der Waals surface area contributed by atoms with Gasteiger partial charge >= 0.3 is 0 Å². The van der Waals surface area contributed by atoms with Gasteiger partial charge in [0.2, 0.25) is 5.91 Å². The molecule has 1 aliphatic heterocycles. The Morgan fingerprint density at radius 3 is 2.60 bits per heavy atom. The molecule has 30 heavy (non-hydrogen) atoms. The van der Waals surface area contributed by atoms with Crippen LogP contribution in [0.5, 0.6) is 0 Å². The van der Waals surface area contributed by atoms with Crippen LogP contribution < -0.4 is 15.5 Å². The normalized spacial score (nSPS) is 14.5. The highest BCUT2D eigenvalue weighted by Crippen LogP contribution is 2.12. The van der Waals surface area contributed by atoms with E-state index in [1.807, 2.05) is 29.2 Å². The van der Waals surface area contributed by atoms with Crippen molar-refractivity contribution in [1.82, 2.24) is 20.5 Å². The number of carbonyl (C=O) groups is 1. The molecule has 0 saturated carbocycles. The van der Waals surface area contributed by atoms with Gasteiger partial charge in [0.05, 0.1) is 0 Å². The summed E-state index contributed by atoms with van der Waals surface area (Å²) in [5, 5.41) is 6.36. The SMILES string of the molecule is CN=C(NCCC(=O)N1CCN(c2ccccn2)CC1)NCCc1cccc(F)c1.